The first kappa shape index (κ1) is 17.9. The second-order valence-electron chi connectivity index (χ2n) is 7.38. The quantitative estimate of drug-likeness (QED) is 0.666. The van der Waals surface area contributed by atoms with E-state index in [1.807, 2.05) is 11.3 Å². The van der Waals surface area contributed by atoms with Crippen molar-refractivity contribution in [2.45, 2.75) is 38.8 Å². The molecule has 1 aliphatic heterocycles. The minimum atomic E-state index is -2.54. The van der Waals surface area contributed by atoms with Crippen molar-refractivity contribution in [1.82, 2.24) is 24.4 Å². The van der Waals surface area contributed by atoms with Gasteiger partial charge in [0, 0.05) is 43.4 Å². The summed E-state index contributed by atoms with van der Waals surface area (Å²) in [7, 11) is 0. The van der Waals surface area contributed by atoms with Crippen LogP contribution in [0, 0.1) is 0 Å². The van der Waals surface area contributed by atoms with Crippen LogP contribution in [-0.4, -0.2) is 50.6 Å². The number of hydrogen-bond acceptors (Lipinski definition) is 6. The number of hydrogen-bond donors (Lipinski definition) is 0. The molecule has 1 saturated heterocycles. The number of halogens is 2. The Hall–Kier alpha value is -2.13. The predicted molar refractivity (Wildman–Crippen MR) is 105 cm³/mol. The summed E-state index contributed by atoms with van der Waals surface area (Å²) in [6.45, 7) is 1.15. The van der Waals surface area contributed by atoms with Crippen LogP contribution in [0.15, 0.2) is 18.7 Å². The second-order valence-corrected chi connectivity index (χ2v) is 8.46. The molecule has 2 aliphatic rings. The summed E-state index contributed by atoms with van der Waals surface area (Å²) in [6.07, 6.45) is 9.22. The van der Waals surface area contributed by atoms with Crippen molar-refractivity contribution in [3.05, 3.63) is 35.0 Å². The monoisotopic (exact) mass is 404 g/mol. The fraction of sp³-hybridized carbons (Fsp3) is 0.526. The Kier molecular flexibility index (Phi) is 4.72. The van der Waals surface area contributed by atoms with Gasteiger partial charge < -0.3 is 4.90 Å². The zero-order valence-corrected chi connectivity index (χ0v) is 16.3. The zero-order valence-electron chi connectivity index (χ0n) is 15.5. The van der Waals surface area contributed by atoms with E-state index in [9.17, 15) is 8.78 Å². The first-order valence-corrected chi connectivity index (χ1v) is 10.5. The highest BCUT2D eigenvalue weighted by Gasteiger charge is 2.25. The number of nitrogens with zero attached hydrogens (tertiary/aromatic N) is 6. The van der Waals surface area contributed by atoms with Gasteiger partial charge in [-0.15, -0.1) is 11.3 Å². The number of fused-ring (bicyclic) bond motifs is 3. The normalized spacial score (nSPS) is 18.2. The average Bonchev–Trinajstić information content (AvgIpc) is 3.32. The van der Waals surface area contributed by atoms with Crippen LogP contribution in [0.4, 0.5) is 14.6 Å². The first-order valence-electron chi connectivity index (χ1n) is 9.73. The molecule has 0 bridgehead atoms. The summed E-state index contributed by atoms with van der Waals surface area (Å²) < 4.78 is 27.0. The Labute approximate surface area is 165 Å². The summed E-state index contributed by atoms with van der Waals surface area (Å²) in [5, 5.41) is 1.24. The number of imidazole rings is 1. The van der Waals surface area contributed by atoms with Crippen LogP contribution in [0.2, 0.25) is 0 Å². The van der Waals surface area contributed by atoms with E-state index in [2.05, 4.69) is 24.8 Å². The molecule has 148 valence electrons. The molecule has 3 aromatic heterocycles. The third kappa shape index (κ3) is 3.16. The highest BCUT2D eigenvalue weighted by molar-refractivity contribution is 7.19. The highest BCUT2D eigenvalue weighted by atomic mass is 32.1. The molecule has 1 aliphatic carbocycles. The van der Waals surface area contributed by atoms with Crippen LogP contribution in [0.3, 0.4) is 0 Å². The molecule has 3 aromatic rings. The molecule has 0 amide bonds. The number of thiophene rings is 1. The number of aromatic nitrogens is 4. The number of alkyl halides is 2. The van der Waals surface area contributed by atoms with Crippen LogP contribution < -0.4 is 4.90 Å². The Morgan fingerprint density at radius 1 is 1.04 bits per heavy atom. The van der Waals surface area contributed by atoms with Gasteiger partial charge in [-0.2, -0.15) is 8.78 Å². The molecule has 28 heavy (non-hydrogen) atoms. The number of aryl methyl sites for hydroxylation is 2. The highest BCUT2D eigenvalue weighted by Crippen LogP contribution is 2.39. The van der Waals surface area contributed by atoms with Crippen molar-refractivity contribution < 1.29 is 8.78 Å². The lowest BCUT2D eigenvalue weighted by atomic mass is 9.97. The minimum absolute atomic E-state index is 0.416. The van der Waals surface area contributed by atoms with Gasteiger partial charge >= 0.3 is 6.55 Å². The smallest absolute Gasteiger partial charge is 0.319 e. The third-order valence-corrected chi connectivity index (χ3v) is 6.93. The number of piperazine rings is 1. The molecular weight excluding hydrogens is 382 g/mol. The molecule has 6 nitrogen and oxygen atoms in total. The molecule has 0 unspecified atom stereocenters. The molecule has 0 radical (unpaired) electrons. The van der Waals surface area contributed by atoms with Crippen LogP contribution in [0.5, 0.6) is 0 Å². The van der Waals surface area contributed by atoms with E-state index in [-0.39, 0.29) is 0 Å². The summed E-state index contributed by atoms with van der Waals surface area (Å²) in [5.74, 6) is 1.46. The van der Waals surface area contributed by atoms with Crippen LogP contribution in [-0.2, 0) is 19.4 Å². The van der Waals surface area contributed by atoms with Crippen molar-refractivity contribution in [1.29, 1.82) is 0 Å². The minimum Gasteiger partial charge on any atom is -0.353 e. The van der Waals surface area contributed by atoms with Gasteiger partial charge in [0.1, 0.15) is 22.8 Å². The van der Waals surface area contributed by atoms with E-state index < -0.39 is 6.55 Å². The standard InChI is InChI=1S/C19H22F2N6S/c20-19(21)27-6-5-22-15(27)11-25-7-9-26(10-8-25)17-16-13-3-1-2-4-14(13)28-18(16)24-12-23-17/h5-6,12,19H,1-4,7-11H2. The second kappa shape index (κ2) is 7.36. The molecule has 0 atom stereocenters. The average molecular weight is 404 g/mol. The van der Waals surface area contributed by atoms with Crippen molar-refractivity contribution in [2.24, 2.45) is 0 Å². The van der Waals surface area contributed by atoms with Crippen molar-refractivity contribution in [2.75, 3.05) is 31.1 Å². The van der Waals surface area contributed by atoms with E-state index in [4.69, 9.17) is 0 Å². The van der Waals surface area contributed by atoms with E-state index >= 15 is 0 Å². The van der Waals surface area contributed by atoms with Crippen LogP contribution in [0.25, 0.3) is 10.2 Å². The first-order chi connectivity index (χ1) is 13.7. The van der Waals surface area contributed by atoms with Crippen LogP contribution in [0.1, 0.15) is 35.7 Å². The lowest BCUT2D eigenvalue weighted by molar-refractivity contribution is 0.0637. The third-order valence-electron chi connectivity index (χ3n) is 5.73. The van der Waals surface area contributed by atoms with Gasteiger partial charge in [-0.05, 0) is 31.2 Å². The SMILES string of the molecule is FC(F)n1ccnc1CN1CCN(c2ncnc3sc4c(c23)CCCC4)CC1. The van der Waals surface area contributed by atoms with Gasteiger partial charge in [0.2, 0.25) is 0 Å². The molecule has 0 N–H and O–H groups in total. The van der Waals surface area contributed by atoms with Gasteiger partial charge in [0.25, 0.3) is 0 Å². The predicted octanol–water partition coefficient (Wildman–Crippen LogP) is 3.48. The molecule has 4 heterocycles. The lowest BCUT2D eigenvalue weighted by Gasteiger charge is -2.35. The summed E-state index contributed by atoms with van der Waals surface area (Å²) in [5.41, 5.74) is 1.45. The Bertz CT molecular complexity index is 976. The Morgan fingerprint density at radius 3 is 2.68 bits per heavy atom. The van der Waals surface area contributed by atoms with Crippen molar-refractivity contribution in [3.63, 3.8) is 0 Å². The topological polar surface area (TPSA) is 50.1 Å². The van der Waals surface area contributed by atoms with Gasteiger partial charge in [-0.3, -0.25) is 9.47 Å². The zero-order chi connectivity index (χ0) is 19.1. The van der Waals surface area contributed by atoms with E-state index in [0.29, 0.717) is 12.4 Å². The maximum atomic E-state index is 13.0. The molecular formula is C19H22F2N6S. The maximum Gasteiger partial charge on any atom is 0.319 e. The molecule has 5 rings (SSSR count). The van der Waals surface area contributed by atoms with Gasteiger partial charge in [-0.1, -0.05) is 0 Å². The molecule has 9 heteroatoms. The van der Waals surface area contributed by atoms with Gasteiger partial charge in [-0.25, -0.2) is 15.0 Å². The summed E-state index contributed by atoms with van der Waals surface area (Å²) in [6, 6.07) is 0. The number of anilines is 1. The molecule has 0 spiro atoms. The Balaban J connectivity index is 1.33. The van der Waals surface area contributed by atoms with Crippen LogP contribution >= 0.6 is 11.3 Å². The number of rotatable bonds is 4. The van der Waals surface area contributed by atoms with Crippen molar-refractivity contribution >= 4 is 27.4 Å². The molecule has 0 aromatic carbocycles. The van der Waals surface area contributed by atoms with E-state index in [1.54, 1.807) is 6.33 Å². The largest absolute Gasteiger partial charge is 0.353 e. The van der Waals surface area contributed by atoms with Gasteiger partial charge in [0.05, 0.1) is 11.9 Å². The molecule has 0 saturated carbocycles. The maximum absolute atomic E-state index is 13.0. The summed E-state index contributed by atoms with van der Waals surface area (Å²) >= 11 is 1.82. The Morgan fingerprint density at radius 2 is 1.86 bits per heavy atom. The fourth-order valence-electron chi connectivity index (χ4n) is 4.28. The van der Waals surface area contributed by atoms with E-state index in [0.717, 1.165) is 54.2 Å². The molecule has 1 fully saturated rings. The fourth-order valence-corrected chi connectivity index (χ4v) is 5.50. The lowest BCUT2D eigenvalue weighted by Crippen LogP contribution is -2.46. The van der Waals surface area contributed by atoms with Crippen molar-refractivity contribution in [3.8, 4) is 0 Å². The van der Waals surface area contributed by atoms with E-state index in [1.165, 1.54) is 41.1 Å². The van der Waals surface area contributed by atoms with Gasteiger partial charge in [0.15, 0.2) is 0 Å². The summed E-state index contributed by atoms with van der Waals surface area (Å²) in [4.78, 5) is 20.3.